The standard InChI is InChI=1S/C20H19Cl2N3O/c1-3-13-6-5-7-14(4-2)19(13)25-20(26)15(11-23)12-24-18-9-8-16(21)10-17(18)22/h5-10,12,24H,3-4H2,1-2H3,(H,25,26)/b15-12-. The van der Waals surface area contributed by atoms with Gasteiger partial charge in [-0.3, -0.25) is 4.79 Å². The van der Waals surface area contributed by atoms with Gasteiger partial charge in [-0.05, 0) is 42.2 Å². The minimum absolute atomic E-state index is 0.0519. The largest absolute Gasteiger partial charge is 0.359 e. The molecule has 2 rings (SSSR count). The van der Waals surface area contributed by atoms with Crippen molar-refractivity contribution in [3.8, 4) is 6.07 Å². The summed E-state index contributed by atoms with van der Waals surface area (Å²) in [6, 6.07) is 12.7. The Morgan fingerprint density at radius 2 is 1.81 bits per heavy atom. The van der Waals surface area contributed by atoms with Gasteiger partial charge in [0.2, 0.25) is 0 Å². The Kier molecular flexibility index (Phi) is 7.08. The van der Waals surface area contributed by atoms with Crippen LogP contribution < -0.4 is 10.6 Å². The number of hydrogen-bond donors (Lipinski definition) is 2. The van der Waals surface area contributed by atoms with Gasteiger partial charge in [-0.1, -0.05) is 55.2 Å². The Hall–Kier alpha value is -2.48. The molecule has 0 aromatic heterocycles. The maximum absolute atomic E-state index is 12.5. The summed E-state index contributed by atoms with van der Waals surface area (Å²) in [7, 11) is 0. The Labute approximate surface area is 163 Å². The predicted octanol–water partition coefficient (Wildman–Crippen LogP) is 5.58. The zero-order chi connectivity index (χ0) is 19.1. The Bertz CT molecular complexity index is 863. The molecule has 26 heavy (non-hydrogen) atoms. The van der Waals surface area contributed by atoms with E-state index in [9.17, 15) is 10.1 Å². The minimum Gasteiger partial charge on any atom is -0.359 e. The summed E-state index contributed by atoms with van der Waals surface area (Å²) < 4.78 is 0. The molecule has 0 atom stereocenters. The van der Waals surface area contributed by atoms with Gasteiger partial charge in [0.1, 0.15) is 11.6 Å². The van der Waals surface area contributed by atoms with Gasteiger partial charge in [0.25, 0.3) is 5.91 Å². The van der Waals surface area contributed by atoms with Crippen LogP contribution in [0.4, 0.5) is 11.4 Å². The van der Waals surface area contributed by atoms with Crippen LogP contribution in [0.2, 0.25) is 10.0 Å². The van der Waals surface area contributed by atoms with Crippen molar-refractivity contribution < 1.29 is 4.79 Å². The highest BCUT2D eigenvalue weighted by Crippen LogP contribution is 2.26. The van der Waals surface area contributed by atoms with Gasteiger partial charge in [-0.2, -0.15) is 5.26 Å². The van der Waals surface area contributed by atoms with Crippen LogP contribution in [0.1, 0.15) is 25.0 Å². The third kappa shape index (κ3) is 4.78. The molecule has 0 unspecified atom stereocenters. The summed E-state index contributed by atoms with van der Waals surface area (Å²) in [5, 5.41) is 16.0. The number of carbonyl (C=O) groups is 1. The third-order valence-corrected chi connectivity index (χ3v) is 4.45. The fraction of sp³-hybridized carbons (Fsp3) is 0.200. The average molecular weight is 388 g/mol. The van der Waals surface area contributed by atoms with E-state index in [-0.39, 0.29) is 5.57 Å². The van der Waals surface area contributed by atoms with Crippen molar-refractivity contribution in [2.24, 2.45) is 0 Å². The molecule has 0 aliphatic carbocycles. The normalized spacial score (nSPS) is 11.0. The molecule has 134 valence electrons. The van der Waals surface area contributed by atoms with Gasteiger partial charge >= 0.3 is 0 Å². The molecule has 0 aliphatic heterocycles. The quantitative estimate of drug-likeness (QED) is 0.502. The van der Waals surface area contributed by atoms with Gasteiger partial charge < -0.3 is 10.6 Å². The van der Waals surface area contributed by atoms with Crippen LogP contribution in [-0.2, 0) is 17.6 Å². The average Bonchev–Trinajstić information content (AvgIpc) is 2.63. The van der Waals surface area contributed by atoms with E-state index in [1.54, 1.807) is 18.2 Å². The molecule has 2 aromatic rings. The maximum atomic E-state index is 12.5. The van der Waals surface area contributed by atoms with Crippen LogP contribution >= 0.6 is 23.2 Å². The highest BCUT2D eigenvalue weighted by molar-refractivity contribution is 6.36. The van der Waals surface area contributed by atoms with E-state index in [0.717, 1.165) is 29.7 Å². The number of nitrogens with zero attached hydrogens (tertiary/aromatic N) is 1. The van der Waals surface area contributed by atoms with Gasteiger partial charge in [-0.15, -0.1) is 0 Å². The second-order valence-corrected chi connectivity index (χ2v) is 6.39. The molecular weight excluding hydrogens is 369 g/mol. The number of halogens is 2. The van der Waals surface area contributed by atoms with Crippen molar-refractivity contribution in [3.63, 3.8) is 0 Å². The summed E-state index contributed by atoms with van der Waals surface area (Å²) >= 11 is 11.9. The lowest BCUT2D eigenvalue weighted by molar-refractivity contribution is -0.112. The third-order valence-electron chi connectivity index (χ3n) is 3.91. The van der Waals surface area contributed by atoms with Crippen LogP contribution in [-0.4, -0.2) is 5.91 Å². The number of hydrogen-bond acceptors (Lipinski definition) is 3. The molecule has 0 bridgehead atoms. The molecule has 0 aliphatic rings. The van der Waals surface area contributed by atoms with Gasteiger partial charge in [-0.25, -0.2) is 0 Å². The van der Waals surface area contributed by atoms with Gasteiger partial charge in [0.05, 0.1) is 10.7 Å². The Morgan fingerprint density at radius 1 is 1.15 bits per heavy atom. The highest BCUT2D eigenvalue weighted by atomic mass is 35.5. The molecule has 0 saturated heterocycles. The van der Waals surface area contributed by atoms with E-state index in [1.165, 1.54) is 6.20 Å². The smallest absolute Gasteiger partial charge is 0.267 e. The van der Waals surface area contributed by atoms with E-state index in [1.807, 2.05) is 38.1 Å². The number of aryl methyl sites for hydroxylation is 2. The lowest BCUT2D eigenvalue weighted by Crippen LogP contribution is -2.17. The van der Waals surface area contributed by atoms with Crippen LogP contribution in [0.15, 0.2) is 48.2 Å². The number of rotatable bonds is 6. The number of benzene rings is 2. The van der Waals surface area contributed by atoms with E-state index in [0.29, 0.717) is 15.7 Å². The number of anilines is 2. The first kappa shape index (κ1) is 19.8. The highest BCUT2D eigenvalue weighted by Gasteiger charge is 2.14. The topological polar surface area (TPSA) is 64.9 Å². The van der Waals surface area contributed by atoms with Crippen molar-refractivity contribution in [2.45, 2.75) is 26.7 Å². The fourth-order valence-corrected chi connectivity index (χ4v) is 2.95. The molecule has 0 saturated carbocycles. The molecular formula is C20H19Cl2N3O. The number of nitriles is 1. The fourth-order valence-electron chi connectivity index (χ4n) is 2.49. The van der Waals surface area contributed by atoms with E-state index in [2.05, 4.69) is 10.6 Å². The van der Waals surface area contributed by atoms with Crippen molar-refractivity contribution in [2.75, 3.05) is 10.6 Å². The van der Waals surface area contributed by atoms with Gasteiger partial charge in [0, 0.05) is 16.9 Å². The lowest BCUT2D eigenvalue weighted by atomic mass is 10.0. The van der Waals surface area contributed by atoms with E-state index < -0.39 is 5.91 Å². The second kappa shape index (κ2) is 9.28. The summed E-state index contributed by atoms with van der Waals surface area (Å²) in [4.78, 5) is 12.5. The minimum atomic E-state index is -0.472. The molecule has 0 spiro atoms. The molecule has 0 radical (unpaired) electrons. The van der Waals surface area contributed by atoms with Crippen molar-refractivity contribution >= 4 is 40.5 Å². The molecule has 0 heterocycles. The van der Waals surface area contributed by atoms with E-state index in [4.69, 9.17) is 23.2 Å². The Morgan fingerprint density at radius 3 is 2.35 bits per heavy atom. The second-order valence-electron chi connectivity index (χ2n) is 5.55. The van der Waals surface area contributed by atoms with Crippen LogP contribution in [0, 0.1) is 11.3 Å². The van der Waals surface area contributed by atoms with Crippen molar-refractivity contribution in [1.82, 2.24) is 0 Å². The molecule has 2 N–H and O–H groups in total. The first-order valence-corrected chi connectivity index (χ1v) is 8.99. The number of nitrogens with one attached hydrogen (secondary N) is 2. The lowest BCUT2D eigenvalue weighted by Gasteiger charge is -2.14. The predicted molar refractivity (Wildman–Crippen MR) is 108 cm³/mol. The summed E-state index contributed by atoms with van der Waals surface area (Å²) in [5.74, 6) is -0.472. The first-order chi connectivity index (χ1) is 12.5. The number of para-hydroxylation sites is 1. The summed E-state index contributed by atoms with van der Waals surface area (Å²) in [6.07, 6.45) is 2.91. The SMILES string of the molecule is CCc1cccc(CC)c1NC(=O)/C(C#N)=C\Nc1ccc(Cl)cc1Cl. The van der Waals surface area contributed by atoms with Crippen LogP contribution in [0.3, 0.4) is 0 Å². The zero-order valence-electron chi connectivity index (χ0n) is 14.6. The first-order valence-electron chi connectivity index (χ1n) is 8.24. The van der Waals surface area contributed by atoms with Crippen LogP contribution in [0.5, 0.6) is 0 Å². The van der Waals surface area contributed by atoms with Crippen molar-refractivity contribution in [3.05, 3.63) is 69.3 Å². The maximum Gasteiger partial charge on any atom is 0.267 e. The summed E-state index contributed by atoms with van der Waals surface area (Å²) in [6.45, 7) is 4.05. The summed E-state index contributed by atoms with van der Waals surface area (Å²) in [5.41, 5.74) is 3.34. The molecule has 6 heteroatoms. The van der Waals surface area contributed by atoms with Crippen molar-refractivity contribution in [1.29, 1.82) is 5.26 Å². The van der Waals surface area contributed by atoms with Gasteiger partial charge in [0.15, 0.2) is 0 Å². The monoisotopic (exact) mass is 387 g/mol. The number of carbonyl (C=O) groups excluding carboxylic acids is 1. The Balaban J connectivity index is 2.23. The molecule has 2 aromatic carbocycles. The molecule has 1 amide bonds. The zero-order valence-corrected chi connectivity index (χ0v) is 16.1. The number of amides is 1. The van der Waals surface area contributed by atoms with Crippen LogP contribution in [0.25, 0.3) is 0 Å². The van der Waals surface area contributed by atoms with E-state index >= 15 is 0 Å². The molecule has 4 nitrogen and oxygen atoms in total. The molecule has 0 fully saturated rings.